The summed E-state index contributed by atoms with van der Waals surface area (Å²) in [5.41, 5.74) is 1.68. The van der Waals surface area contributed by atoms with E-state index in [2.05, 4.69) is 10.2 Å². The van der Waals surface area contributed by atoms with E-state index >= 15 is 0 Å². The van der Waals surface area contributed by atoms with Crippen molar-refractivity contribution in [3.63, 3.8) is 0 Å². The van der Waals surface area contributed by atoms with Gasteiger partial charge in [-0.2, -0.15) is 5.11 Å². The lowest BCUT2D eigenvalue weighted by atomic mass is 10.1. The lowest BCUT2D eigenvalue weighted by molar-refractivity contribution is -0.384. The Morgan fingerprint density at radius 2 is 1.93 bits per heavy atom. The number of halogens is 1. The van der Waals surface area contributed by atoms with E-state index < -0.39 is 16.8 Å². The van der Waals surface area contributed by atoms with Crippen LogP contribution in [0.2, 0.25) is 5.02 Å². The lowest BCUT2D eigenvalue weighted by Gasteiger charge is -2.25. The van der Waals surface area contributed by atoms with Gasteiger partial charge in [0.15, 0.2) is 0 Å². The molecule has 2 rings (SSSR count). The van der Waals surface area contributed by atoms with Crippen LogP contribution in [-0.2, 0) is 4.79 Å². The Balaban J connectivity index is 2.12. The Hall–Kier alpha value is -3.00. The molecule has 0 aliphatic heterocycles. The molecular weight excluding hydrogens is 372 g/mol. The highest BCUT2D eigenvalue weighted by Crippen LogP contribution is 2.30. The number of rotatable bonds is 8. The molecule has 0 aliphatic carbocycles. The molecule has 142 valence electrons. The molecule has 0 radical (unpaired) electrons. The number of benzene rings is 2. The largest absolute Gasteiger partial charge is 0.481 e. The lowest BCUT2D eigenvalue weighted by Crippen LogP contribution is -2.31. The van der Waals surface area contributed by atoms with E-state index in [4.69, 9.17) is 16.7 Å². The Kier molecular flexibility index (Phi) is 6.84. The van der Waals surface area contributed by atoms with E-state index in [0.29, 0.717) is 24.5 Å². The maximum Gasteiger partial charge on any atom is 0.308 e. The second kappa shape index (κ2) is 9.09. The number of hydrogen-bond donors (Lipinski definition) is 1. The fourth-order valence-electron chi connectivity index (χ4n) is 2.36. The number of non-ortho nitro benzene ring substituents is 1. The van der Waals surface area contributed by atoms with Crippen LogP contribution in [0.4, 0.5) is 22.7 Å². The number of anilines is 1. The van der Waals surface area contributed by atoms with Crippen LogP contribution in [-0.4, -0.2) is 29.1 Å². The van der Waals surface area contributed by atoms with Crippen molar-refractivity contribution in [2.75, 3.05) is 18.0 Å². The summed E-state index contributed by atoms with van der Waals surface area (Å²) in [6, 6.07) is 11.2. The number of nitro groups is 1. The summed E-state index contributed by atoms with van der Waals surface area (Å²) < 4.78 is 0. The quantitative estimate of drug-likeness (QED) is 0.378. The highest BCUT2D eigenvalue weighted by molar-refractivity contribution is 6.33. The van der Waals surface area contributed by atoms with Gasteiger partial charge in [-0.05, 0) is 37.3 Å². The zero-order valence-electron chi connectivity index (χ0n) is 14.9. The second-order valence-electron chi connectivity index (χ2n) is 5.89. The number of nitrogens with zero attached hydrogens (tertiary/aromatic N) is 4. The molecule has 0 fully saturated rings. The summed E-state index contributed by atoms with van der Waals surface area (Å²) in [7, 11) is 0. The van der Waals surface area contributed by atoms with Crippen LogP contribution in [0, 0.1) is 16.0 Å². The third-order valence-electron chi connectivity index (χ3n) is 3.93. The molecule has 0 bridgehead atoms. The van der Waals surface area contributed by atoms with Crippen molar-refractivity contribution in [2.45, 2.75) is 13.8 Å². The van der Waals surface area contributed by atoms with E-state index in [9.17, 15) is 14.9 Å². The summed E-state index contributed by atoms with van der Waals surface area (Å²) in [4.78, 5) is 23.2. The molecule has 0 aromatic heterocycles. The van der Waals surface area contributed by atoms with Gasteiger partial charge in [0.1, 0.15) is 5.69 Å². The Morgan fingerprint density at radius 1 is 1.26 bits per heavy atom. The zero-order chi connectivity index (χ0) is 20.0. The molecule has 0 saturated carbocycles. The first-order valence-electron chi connectivity index (χ1n) is 8.25. The summed E-state index contributed by atoms with van der Waals surface area (Å²) in [5, 5.41) is 28.0. The Morgan fingerprint density at radius 3 is 2.44 bits per heavy atom. The van der Waals surface area contributed by atoms with Crippen molar-refractivity contribution in [1.29, 1.82) is 0 Å². The summed E-state index contributed by atoms with van der Waals surface area (Å²) in [6.45, 7) is 4.71. The van der Waals surface area contributed by atoms with E-state index in [1.54, 1.807) is 19.1 Å². The average Bonchev–Trinajstić information content (AvgIpc) is 2.65. The molecule has 1 atom stereocenters. The molecule has 0 spiro atoms. The number of carboxylic acid groups (broad SMARTS) is 1. The standard InChI is InChI=1S/C18H19ClN4O4/c1-3-22(11-12(2)18(24)25)14-6-4-13(5-7-14)20-21-17-9-8-15(23(26)27)10-16(17)19/h4-10,12H,3,11H2,1-2H3,(H,24,25). The average molecular weight is 391 g/mol. The molecule has 0 saturated heterocycles. The predicted molar refractivity (Wildman–Crippen MR) is 103 cm³/mol. The van der Waals surface area contributed by atoms with Gasteiger partial charge in [-0.1, -0.05) is 18.5 Å². The van der Waals surface area contributed by atoms with Crippen LogP contribution in [0.5, 0.6) is 0 Å². The van der Waals surface area contributed by atoms with Crippen LogP contribution >= 0.6 is 11.6 Å². The van der Waals surface area contributed by atoms with Gasteiger partial charge < -0.3 is 10.0 Å². The molecule has 2 aromatic carbocycles. The van der Waals surface area contributed by atoms with Crippen molar-refractivity contribution in [3.8, 4) is 0 Å². The number of nitro benzene ring substituents is 1. The van der Waals surface area contributed by atoms with Gasteiger partial charge in [0.05, 0.1) is 21.6 Å². The fraction of sp³-hybridized carbons (Fsp3) is 0.278. The summed E-state index contributed by atoms with van der Waals surface area (Å²) in [5.74, 6) is -1.31. The number of hydrogen-bond acceptors (Lipinski definition) is 6. The van der Waals surface area contributed by atoms with Crippen LogP contribution in [0.25, 0.3) is 0 Å². The SMILES string of the molecule is CCN(CC(C)C(=O)O)c1ccc(N=Nc2ccc([N+](=O)[O-])cc2Cl)cc1. The number of aliphatic carboxylic acids is 1. The van der Waals surface area contributed by atoms with Crippen LogP contribution in [0.3, 0.4) is 0 Å². The van der Waals surface area contributed by atoms with Crippen molar-refractivity contribution in [2.24, 2.45) is 16.1 Å². The third kappa shape index (κ3) is 5.49. The van der Waals surface area contributed by atoms with Crippen molar-refractivity contribution < 1.29 is 14.8 Å². The first-order chi connectivity index (χ1) is 12.8. The van der Waals surface area contributed by atoms with Crippen LogP contribution in [0.15, 0.2) is 52.7 Å². The van der Waals surface area contributed by atoms with Crippen molar-refractivity contribution >= 4 is 40.3 Å². The van der Waals surface area contributed by atoms with E-state index in [1.165, 1.54) is 18.2 Å². The highest BCUT2D eigenvalue weighted by atomic mass is 35.5. The fourth-order valence-corrected chi connectivity index (χ4v) is 2.57. The minimum atomic E-state index is -0.834. The normalized spacial score (nSPS) is 12.1. The van der Waals surface area contributed by atoms with Gasteiger partial charge in [0.2, 0.25) is 0 Å². The number of carbonyl (C=O) groups is 1. The topological polar surface area (TPSA) is 108 Å². The molecule has 8 nitrogen and oxygen atoms in total. The maximum absolute atomic E-state index is 11.0. The molecule has 0 amide bonds. The Labute approximate surface area is 161 Å². The smallest absolute Gasteiger partial charge is 0.308 e. The van der Waals surface area contributed by atoms with Gasteiger partial charge in [-0.15, -0.1) is 5.11 Å². The first-order valence-corrected chi connectivity index (χ1v) is 8.63. The van der Waals surface area contributed by atoms with Gasteiger partial charge in [0.25, 0.3) is 5.69 Å². The summed E-state index contributed by atoms with van der Waals surface area (Å²) >= 11 is 5.99. The van der Waals surface area contributed by atoms with Gasteiger partial charge in [-0.3, -0.25) is 14.9 Å². The van der Waals surface area contributed by atoms with E-state index in [0.717, 1.165) is 5.69 Å². The molecule has 0 aliphatic rings. The molecule has 9 heteroatoms. The molecule has 27 heavy (non-hydrogen) atoms. The second-order valence-corrected chi connectivity index (χ2v) is 6.29. The zero-order valence-corrected chi connectivity index (χ0v) is 15.6. The molecule has 0 heterocycles. The maximum atomic E-state index is 11.0. The third-order valence-corrected chi connectivity index (χ3v) is 4.23. The van der Waals surface area contributed by atoms with Crippen LogP contribution < -0.4 is 4.90 Å². The molecule has 2 aromatic rings. The van der Waals surface area contributed by atoms with Gasteiger partial charge >= 0.3 is 5.97 Å². The minimum absolute atomic E-state index is 0.112. The Bertz CT molecular complexity index is 855. The van der Waals surface area contributed by atoms with Crippen molar-refractivity contribution in [1.82, 2.24) is 0 Å². The number of carboxylic acids is 1. The molecule has 1 unspecified atom stereocenters. The highest BCUT2D eigenvalue weighted by Gasteiger charge is 2.15. The number of azo groups is 1. The minimum Gasteiger partial charge on any atom is -0.481 e. The molecular formula is C18H19ClN4O4. The first kappa shape index (κ1) is 20.3. The predicted octanol–water partition coefficient (Wildman–Crippen LogP) is 5.21. The van der Waals surface area contributed by atoms with Crippen molar-refractivity contribution in [3.05, 3.63) is 57.6 Å². The van der Waals surface area contributed by atoms with Crippen LogP contribution in [0.1, 0.15) is 13.8 Å². The van der Waals surface area contributed by atoms with Gasteiger partial charge in [0, 0.05) is 30.9 Å². The van der Waals surface area contributed by atoms with Gasteiger partial charge in [-0.25, -0.2) is 0 Å². The van der Waals surface area contributed by atoms with E-state index in [-0.39, 0.29) is 10.7 Å². The molecule has 1 N–H and O–H groups in total. The monoisotopic (exact) mass is 390 g/mol. The van der Waals surface area contributed by atoms with E-state index in [1.807, 2.05) is 24.0 Å². The summed E-state index contributed by atoms with van der Waals surface area (Å²) in [6.07, 6.45) is 0.